The third-order valence-electron chi connectivity index (χ3n) is 5.10. The molecule has 0 amide bonds. The maximum atomic E-state index is 15.0. The smallest absolute Gasteiger partial charge is 0.234 e. The van der Waals surface area contributed by atoms with Gasteiger partial charge in [0.05, 0.1) is 5.69 Å². The molecule has 1 heterocycles. The van der Waals surface area contributed by atoms with Crippen molar-refractivity contribution in [2.45, 2.75) is 0 Å². The molecular weight excluding hydrogens is 429 g/mol. The zero-order valence-corrected chi connectivity index (χ0v) is 17.5. The van der Waals surface area contributed by atoms with Gasteiger partial charge in [-0.25, -0.2) is 0 Å². The Balaban J connectivity index is 1.92. The summed E-state index contributed by atoms with van der Waals surface area (Å²) >= 11 is 3.60. The molecule has 1 aliphatic rings. The Hall–Kier alpha value is -2.61. The fraction of sp³-hybridized carbons (Fsp3) is 0. The summed E-state index contributed by atoms with van der Waals surface area (Å²) in [5, 5.41) is 1.70. The van der Waals surface area contributed by atoms with Gasteiger partial charge in [0.25, 0.3) is 0 Å². The molecule has 2 nitrogen and oxygen atoms in total. The first-order valence-corrected chi connectivity index (χ1v) is 11.6. The van der Waals surface area contributed by atoms with Gasteiger partial charge in [0.1, 0.15) is 0 Å². The van der Waals surface area contributed by atoms with Gasteiger partial charge in [0.15, 0.2) is 0 Å². The van der Waals surface area contributed by atoms with Gasteiger partial charge in [0.2, 0.25) is 7.29 Å². The first-order valence-electron chi connectivity index (χ1n) is 9.10. The van der Waals surface area contributed by atoms with E-state index in [1.807, 2.05) is 89.6 Å². The summed E-state index contributed by atoms with van der Waals surface area (Å²) in [6, 6.07) is 34.1. The molecule has 4 aromatic carbocycles. The third-order valence-corrected chi connectivity index (χ3v) is 8.64. The highest BCUT2D eigenvalue weighted by Gasteiger charge is 2.42. The topological polar surface area (TPSA) is 20.3 Å². The van der Waals surface area contributed by atoms with Crippen LogP contribution in [0.4, 0.5) is 11.4 Å². The number of hydrogen-bond donors (Lipinski definition) is 0. The second-order valence-electron chi connectivity index (χ2n) is 6.74. The second kappa shape index (κ2) is 6.77. The fourth-order valence-corrected chi connectivity index (χ4v) is 7.30. The average molecular weight is 446 g/mol. The Morgan fingerprint density at radius 3 is 2.07 bits per heavy atom. The van der Waals surface area contributed by atoms with Crippen LogP contribution in [-0.2, 0) is 4.57 Å². The zero-order chi connectivity index (χ0) is 19.1. The molecule has 0 aromatic heterocycles. The van der Waals surface area contributed by atoms with Crippen molar-refractivity contribution in [3.63, 3.8) is 0 Å². The van der Waals surface area contributed by atoms with E-state index in [-0.39, 0.29) is 0 Å². The predicted molar refractivity (Wildman–Crippen MR) is 121 cm³/mol. The molecule has 0 spiro atoms. The summed E-state index contributed by atoms with van der Waals surface area (Å²) in [6.07, 6.45) is 0. The van der Waals surface area contributed by atoms with Crippen molar-refractivity contribution in [1.82, 2.24) is 0 Å². The van der Waals surface area contributed by atoms with Crippen LogP contribution in [0.3, 0.4) is 0 Å². The number of hydrogen-bond acceptors (Lipinski definition) is 1. The molecule has 0 bridgehead atoms. The number of benzene rings is 4. The van der Waals surface area contributed by atoms with E-state index in [2.05, 4.69) is 34.1 Å². The monoisotopic (exact) mass is 445 g/mol. The van der Waals surface area contributed by atoms with E-state index in [0.717, 1.165) is 37.6 Å². The van der Waals surface area contributed by atoms with E-state index in [9.17, 15) is 4.57 Å². The van der Waals surface area contributed by atoms with Crippen LogP contribution in [0.15, 0.2) is 108 Å². The Kier molecular flexibility index (Phi) is 4.23. The molecule has 0 N–H and O–H groups in total. The lowest BCUT2D eigenvalue weighted by molar-refractivity contribution is 0.587. The molecule has 28 heavy (non-hydrogen) atoms. The number of fused-ring (bicyclic) bond motifs is 3. The van der Waals surface area contributed by atoms with Crippen molar-refractivity contribution in [3.8, 4) is 11.1 Å². The van der Waals surface area contributed by atoms with Gasteiger partial charge in [-0.15, -0.1) is 0 Å². The molecule has 1 atom stereocenters. The van der Waals surface area contributed by atoms with Gasteiger partial charge >= 0.3 is 0 Å². The Bertz CT molecular complexity index is 1210. The maximum absolute atomic E-state index is 15.0. The summed E-state index contributed by atoms with van der Waals surface area (Å²) in [5.41, 5.74) is 3.99. The van der Waals surface area contributed by atoms with Crippen molar-refractivity contribution >= 4 is 45.2 Å². The molecule has 0 fully saturated rings. The molecule has 136 valence electrons. The van der Waals surface area contributed by atoms with Crippen molar-refractivity contribution in [2.75, 3.05) is 4.67 Å². The van der Waals surface area contributed by atoms with Gasteiger partial charge < -0.3 is 0 Å². The number of rotatable bonds is 2. The Morgan fingerprint density at radius 1 is 0.679 bits per heavy atom. The highest BCUT2D eigenvalue weighted by Crippen LogP contribution is 2.61. The summed E-state index contributed by atoms with van der Waals surface area (Å²) < 4.78 is 18.0. The van der Waals surface area contributed by atoms with E-state index < -0.39 is 7.29 Å². The molecule has 0 saturated carbocycles. The van der Waals surface area contributed by atoms with Crippen molar-refractivity contribution < 1.29 is 4.57 Å². The molecule has 4 heteroatoms. The van der Waals surface area contributed by atoms with Crippen LogP contribution >= 0.6 is 23.2 Å². The number of nitrogens with zero attached hydrogens (tertiary/aromatic N) is 1. The van der Waals surface area contributed by atoms with Crippen molar-refractivity contribution in [2.24, 2.45) is 0 Å². The molecule has 0 saturated heterocycles. The molecule has 1 aliphatic heterocycles. The van der Waals surface area contributed by atoms with E-state index in [1.54, 1.807) is 0 Å². The van der Waals surface area contributed by atoms with Crippen LogP contribution in [0.2, 0.25) is 0 Å². The van der Waals surface area contributed by atoms with E-state index >= 15 is 0 Å². The molecule has 4 aromatic rings. The minimum atomic E-state index is -3.12. The van der Waals surface area contributed by atoms with Crippen LogP contribution < -0.4 is 15.3 Å². The Morgan fingerprint density at radius 2 is 1.32 bits per heavy atom. The first-order chi connectivity index (χ1) is 13.7. The van der Waals surface area contributed by atoms with Gasteiger partial charge in [-0.1, -0.05) is 70.5 Å². The summed E-state index contributed by atoms with van der Waals surface area (Å²) in [5.74, 6) is 0. The quantitative estimate of drug-likeness (QED) is 0.328. The van der Waals surface area contributed by atoms with Crippen LogP contribution in [-0.4, -0.2) is 0 Å². The minimum Gasteiger partial charge on any atom is -0.289 e. The lowest BCUT2D eigenvalue weighted by Crippen LogP contribution is -2.33. The zero-order valence-electron chi connectivity index (χ0n) is 15.0. The number of halogens is 1. The molecule has 1 unspecified atom stereocenters. The summed E-state index contributed by atoms with van der Waals surface area (Å²) in [4.78, 5) is 0. The molecule has 0 radical (unpaired) electrons. The van der Waals surface area contributed by atoms with E-state index in [4.69, 9.17) is 0 Å². The lowest BCUT2D eigenvalue weighted by Gasteiger charge is -2.40. The maximum Gasteiger partial charge on any atom is 0.234 e. The average Bonchev–Trinajstić information content (AvgIpc) is 2.76. The molecular formula is C24H17BrNOP. The highest BCUT2D eigenvalue weighted by molar-refractivity contribution is 9.10. The standard InChI is InChI=1S/C24H17BrNOP/c25-18-15-16-23-22(17-18)21-13-7-8-14-24(21)28(27,20-11-5-2-6-12-20)26(23)19-9-3-1-4-10-19/h1-17H. The Labute approximate surface area is 173 Å². The van der Waals surface area contributed by atoms with Gasteiger partial charge in [-0.05, 0) is 54.1 Å². The van der Waals surface area contributed by atoms with Crippen molar-refractivity contribution in [1.29, 1.82) is 0 Å². The third kappa shape index (κ3) is 2.58. The highest BCUT2D eigenvalue weighted by atomic mass is 79.9. The lowest BCUT2D eigenvalue weighted by atomic mass is 10.0. The van der Waals surface area contributed by atoms with Crippen LogP contribution in [0.1, 0.15) is 0 Å². The van der Waals surface area contributed by atoms with Crippen LogP contribution in [0.25, 0.3) is 11.1 Å². The first kappa shape index (κ1) is 17.5. The van der Waals surface area contributed by atoms with E-state index in [1.165, 1.54) is 0 Å². The summed E-state index contributed by atoms with van der Waals surface area (Å²) in [7, 11) is -3.12. The van der Waals surface area contributed by atoms with E-state index in [0.29, 0.717) is 0 Å². The fourth-order valence-electron chi connectivity index (χ4n) is 3.89. The second-order valence-corrected chi connectivity index (χ2v) is 10.2. The van der Waals surface area contributed by atoms with Crippen molar-refractivity contribution in [3.05, 3.63) is 108 Å². The summed E-state index contributed by atoms with van der Waals surface area (Å²) in [6.45, 7) is 0. The van der Waals surface area contributed by atoms with Gasteiger partial charge in [-0.2, -0.15) is 0 Å². The van der Waals surface area contributed by atoms with Crippen LogP contribution in [0.5, 0.6) is 0 Å². The predicted octanol–water partition coefficient (Wildman–Crippen LogP) is 6.50. The minimum absolute atomic E-state index is 0.833. The normalized spacial score (nSPS) is 17.7. The van der Waals surface area contributed by atoms with Gasteiger partial charge in [-0.3, -0.25) is 9.24 Å². The van der Waals surface area contributed by atoms with Crippen LogP contribution in [0, 0.1) is 0 Å². The van der Waals surface area contributed by atoms with Gasteiger partial charge in [0, 0.05) is 26.3 Å². The largest absolute Gasteiger partial charge is 0.289 e. The SMILES string of the molecule is O=P1(c2ccccc2)c2ccccc2-c2cc(Br)ccc2N1c1ccccc1. The number of anilines is 2. The molecule has 5 rings (SSSR count). The number of para-hydroxylation sites is 1. The molecule has 0 aliphatic carbocycles.